The molecule has 0 aliphatic rings. The first-order valence-electron chi connectivity index (χ1n) is 4.09. The Morgan fingerprint density at radius 2 is 2.14 bits per heavy atom. The van der Waals surface area contributed by atoms with E-state index in [0.29, 0.717) is 16.5 Å². The SMILES string of the molecule is O=c1c2ccccc2on2nncc12. The maximum Gasteiger partial charge on any atom is 0.220 e. The highest BCUT2D eigenvalue weighted by Crippen LogP contribution is 2.09. The molecule has 2 heterocycles. The van der Waals surface area contributed by atoms with E-state index in [1.165, 1.54) is 6.20 Å². The fourth-order valence-corrected chi connectivity index (χ4v) is 1.40. The second kappa shape index (κ2) is 2.41. The van der Waals surface area contributed by atoms with Crippen LogP contribution in [0.2, 0.25) is 0 Å². The lowest BCUT2D eigenvalue weighted by atomic mass is 10.2. The van der Waals surface area contributed by atoms with Gasteiger partial charge in [0.2, 0.25) is 5.43 Å². The molecule has 0 fully saturated rings. The van der Waals surface area contributed by atoms with E-state index in [-0.39, 0.29) is 5.43 Å². The maximum absolute atomic E-state index is 11.8. The van der Waals surface area contributed by atoms with Crippen molar-refractivity contribution in [2.45, 2.75) is 0 Å². The Labute approximate surface area is 77.5 Å². The molecule has 1 aromatic carbocycles. The molecule has 3 rings (SSSR count). The van der Waals surface area contributed by atoms with E-state index in [9.17, 15) is 4.79 Å². The van der Waals surface area contributed by atoms with Crippen molar-refractivity contribution in [1.29, 1.82) is 0 Å². The largest absolute Gasteiger partial charge is 0.355 e. The van der Waals surface area contributed by atoms with Crippen LogP contribution < -0.4 is 5.43 Å². The Morgan fingerprint density at radius 1 is 1.29 bits per heavy atom. The summed E-state index contributed by atoms with van der Waals surface area (Å²) in [5.41, 5.74) is 0.746. The van der Waals surface area contributed by atoms with Gasteiger partial charge in [-0.1, -0.05) is 16.8 Å². The first kappa shape index (κ1) is 7.25. The summed E-state index contributed by atoms with van der Waals surface area (Å²) in [6, 6.07) is 7.03. The normalized spacial score (nSPS) is 11.1. The number of para-hydroxylation sites is 1. The summed E-state index contributed by atoms with van der Waals surface area (Å²) in [4.78, 5) is 11.8. The highest BCUT2D eigenvalue weighted by atomic mass is 16.5. The van der Waals surface area contributed by atoms with E-state index < -0.39 is 0 Å². The molecule has 5 heteroatoms. The van der Waals surface area contributed by atoms with Crippen LogP contribution in [0.1, 0.15) is 0 Å². The van der Waals surface area contributed by atoms with Gasteiger partial charge in [-0.05, 0) is 17.3 Å². The van der Waals surface area contributed by atoms with Gasteiger partial charge >= 0.3 is 0 Å². The van der Waals surface area contributed by atoms with Crippen LogP contribution >= 0.6 is 0 Å². The fraction of sp³-hybridized carbons (Fsp3) is 0. The molecule has 0 saturated carbocycles. The van der Waals surface area contributed by atoms with Gasteiger partial charge in [-0.2, -0.15) is 0 Å². The molecule has 68 valence electrons. The number of benzene rings is 1. The molecule has 0 spiro atoms. The molecule has 0 saturated heterocycles. The Bertz CT molecular complexity index is 668. The predicted molar refractivity (Wildman–Crippen MR) is 49.0 cm³/mol. The van der Waals surface area contributed by atoms with Gasteiger partial charge in [-0.15, -0.1) is 5.10 Å². The number of rotatable bonds is 0. The minimum absolute atomic E-state index is 0.114. The van der Waals surface area contributed by atoms with Crippen molar-refractivity contribution in [3.63, 3.8) is 0 Å². The molecule has 5 nitrogen and oxygen atoms in total. The van der Waals surface area contributed by atoms with Crippen molar-refractivity contribution in [3.8, 4) is 0 Å². The quantitative estimate of drug-likeness (QED) is 0.523. The molecule has 0 N–H and O–H groups in total. The average molecular weight is 187 g/mol. The van der Waals surface area contributed by atoms with Crippen LogP contribution in [0.15, 0.2) is 39.8 Å². The van der Waals surface area contributed by atoms with Crippen LogP contribution in [0.5, 0.6) is 0 Å². The minimum Gasteiger partial charge on any atom is -0.355 e. The highest BCUT2D eigenvalue weighted by Gasteiger charge is 2.06. The van der Waals surface area contributed by atoms with Crippen LogP contribution in [0, 0.1) is 0 Å². The Morgan fingerprint density at radius 3 is 3.07 bits per heavy atom. The summed E-state index contributed by atoms with van der Waals surface area (Å²) in [6.07, 6.45) is 1.39. The van der Waals surface area contributed by atoms with Gasteiger partial charge < -0.3 is 4.52 Å². The van der Waals surface area contributed by atoms with Crippen molar-refractivity contribution in [1.82, 2.24) is 15.0 Å². The summed E-state index contributed by atoms with van der Waals surface area (Å²) in [5, 5.41) is 7.78. The zero-order chi connectivity index (χ0) is 9.54. The second-order valence-corrected chi connectivity index (χ2v) is 2.91. The molecule has 2 aromatic heterocycles. The number of hydrogen-bond acceptors (Lipinski definition) is 4. The third-order valence-corrected chi connectivity index (χ3v) is 2.07. The summed E-state index contributed by atoms with van der Waals surface area (Å²) < 4.78 is 6.44. The highest BCUT2D eigenvalue weighted by molar-refractivity contribution is 5.79. The maximum atomic E-state index is 11.8. The first-order valence-corrected chi connectivity index (χ1v) is 4.09. The molecule has 14 heavy (non-hydrogen) atoms. The number of hydrogen-bond donors (Lipinski definition) is 0. The van der Waals surface area contributed by atoms with Crippen LogP contribution in [0.25, 0.3) is 16.5 Å². The fourth-order valence-electron chi connectivity index (χ4n) is 1.40. The molecular weight excluding hydrogens is 182 g/mol. The van der Waals surface area contributed by atoms with Crippen molar-refractivity contribution in [3.05, 3.63) is 40.7 Å². The van der Waals surface area contributed by atoms with E-state index >= 15 is 0 Å². The van der Waals surface area contributed by atoms with Gasteiger partial charge in [0.25, 0.3) is 0 Å². The van der Waals surface area contributed by atoms with Crippen molar-refractivity contribution >= 4 is 16.5 Å². The second-order valence-electron chi connectivity index (χ2n) is 2.91. The van der Waals surface area contributed by atoms with Gasteiger partial charge in [0, 0.05) is 0 Å². The first-order chi connectivity index (χ1) is 6.86. The summed E-state index contributed by atoms with van der Waals surface area (Å²) in [6.45, 7) is 0. The topological polar surface area (TPSA) is 60.4 Å². The van der Waals surface area contributed by atoms with Crippen molar-refractivity contribution in [2.75, 3.05) is 0 Å². The molecule has 3 aromatic rings. The third kappa shape index (κ3) is 0.806. The van der Waals surface area contributed by atoms with Crippen LogP contribution in [0.3, 0.4) is 0 Å². The van der Waals surface area contributed by atoms with E-state index in [1.807, 2.05) is 0 Å². The van der Waals surface area contributed by atoms with Crippen LogP contribution in [-0.2, 0) is 0 Å². The molecular formula is C9H5N3O2. The average Bonchev–Trinajstić information content (AvgIpc) is 2.66. The monoisotopic (exact) mass is 187 g/mol. The van der Waals surface area contributed by atoms with E-state index in [0.717, 1.165) is 4.69 Å². The summed E-state index contributed by atoms with van der Waals surface area (Å²) in [5.74, 6) is 0. The number of nitrogens with zero attached hydrogens (tertiary/aromatic N) is 3. The van der Waals surface area contributed by atoms with Crippen molar-refractivity contribution in [2.24, 2.45) is 0 Å². The molecule has 0 amide bonds. The third-order valence-electron chi connectivity index (χ3n) is 2.07. The summed E-state index contributed by atoms with van der Waals surface area (Å²) >= 11 is 0. The molecule has 0 unspecified atom stereocenters. The Kier molecular flexibility index (Phi) is 1.25. The van der Waals surface area contributed by atoms with Crippen LogP contribution in [-0.4, -0.2) is 15.0 Å². The van der Waals surface area contributed by atoms with Gasteiger partial charge in [-0.3, -0.25) is 4.79 Å². The lowest BCUT2D eigenvalue weighted by Gasteiger charge is -1.95. The smallest absolute Gasteiger partial charge is 0.220 e. The standard InChI is InChI=1S/C9H5N3O2/c13-9-6-3-1-2-4-8(6)14-12-7(9)5-10-11-12/h1-5H. The van der Waals surface area contributed by atoms with E-state index in [4.69, 9.17) is 4.52 Å². The minimum atomic E-state index is -0.114. The van der Waals surface area contributed by atoms with E-state index in [2.05, 4.69) is 10.3 Å². The van der Waals surface area contributed by atoms with Crippen LogP contribution in [0.4, 0.5) is 0 Å². The lowest BCUT2D eigenvalue weighted by molar-refractivity contribution is 0.348. The Balaban J connectivity index is 2.70. The zero-order valence-electron chi connectivity index (χ0n) is 7.04. The molecule has 0 radical (unpaired) electrons. The number of aromatic nitrogens is 3. The molecule has 0 atom stereocenters. The molecule has 0 aliphatic carbocycles. The van der Waals surface area contributed by atoms with Gasteiger partial charge in [0.15, 0.2) is 11.1 Å². The van der Waals surface area contributed by atoms with Gasteiger partial charge in [-0.25, -0.2) is 0 Å². The van der Waals surface area contributed by atoms with Gasteiger partial charge in [0.1, 0.15) is 0 Å². The zero-order valence-corrected chi connectivity index (χ0v) is 7.04. The molecule has 0 bridgehead atoms. The van der Waals surface area contributed by atoms with Gasteiger partial charge in [0.05, 0.1) is 11.6 Å². The summed E-state index contributed by atoms with van der Waals surface area (Å²) in [7, 11) is 0. The van der Waals surface area contributed by atoms with E-state index in [1.54, 1.807) is 24.3 Å². The Hall–Kier alpha value is -2.17. The van der Waals surface area contributed by atoms with Crippen molar-refractivity contribution < 1.29 is 4.52 Å². The predicted octanol–water partition coefficient (Wildman–Crippen LogP) is 0.836. The lowest BCUT2D eigenvalue weighted by Crippen LogP contribution is -2.05. The number of fused-ring (bicyclic) bond motifs is 2. The molecule has 0 aliphatic heterocycles.